The van der Waals surface area contributed by atoms with Gasteiger partial charge in [0.05, 0.1) is 6.04 Å². The SMILES string of the molecule is CCCNC(Cc1sccc1Br)c1ncn[nH]1. The lowest BCUT2D eigenvalue weighted by atomic mass is 10.1. The van der Waals surface area contributed by atoms with E-state index in [1.54, 1.807) is 17.7 Å². The molecule has 1 unspecified atom stereocenters. The van der Waals surface area contributed by atoms with E-state index >= 15 is 0 Å². The summed E-state index contributed by atoms with van der Waals surface area (Å²) in [6.07, 6.45) is 3.59. The molecule has 0 radical (unpaired) electrons. The molecule has 0 aliphatic rings. The number of halogens is 1. The molecule has 2 heterocycles. The average Bonchev–Trinajstić information content (AvgIpc) is 2.96. The standard InChI is InChI=1S/C11H15BrN4S/c1-2-4-13-9(11-14-7-15-16-11)6-10-8(12)3-5-17-10/h3,5,7,9,13H,2,4,6H2,1H3,(H,14,15,16). The Balaban J connectivity index is 2.08. The Morgan fingerprint density at radius 2 is 2.47 bits per heavy atom. The van der Waals surface area contributed by atoms with Gasteiger partial charge in [0.15, 0.2) is 0 Å². The van der Waals surface area contributed by atoms with Gasteiger partial charge < -0.3 is 5.32 Å². The topological polar surface area (TPSA) is 53.6 Å². The van der Waals surface area contributed by atoms with E-state index < -0.39 is 0 Å². The predicted octanol–water partition coefficient (Wildman–Crippen LogP) is 2.91. The highest BCUT2D eigenvalue weighted by atomic mass is 79.9. The van der Waals surface area contributed by atoms with Crippen molar-refractivity contribution in [2.75, 3.05) is 6.54 Å². The molecule has 6 heteroatoms. The van der Waals surface area contributed by atoms with Crippen molar-refractivity contribution < 1.29 is 0 Å². The van der Waals surface area contributed by atoms with Crippen LogP contribution in [0.15, 0.2) is 22.2 Å². The molecule has 0 fully saturated rings. The van der Waals surface area contributed by atoms with Gasteiger partial charge >= 0.3 is 0 Å². The minimum Gasteiger partial charge on any atom is -0.307 e. The number of aromatic nitrogens is 3. The van der Waals surface area contributed by atoms with Gasteiger partial charge in [-0.25, -0.2) is 4.98 Å². The number of hydrogen-bond donors (Lipinski definition) is 2. The molecule has 0 spiro atoms. The highest BCUT2D eigenvalue weighted by molar-refractivity contribution is 9.10. The van der Waals surface area contributed by atoms with Gasteiger partial charge in [0, 0.05) is 15.8 Å². The summed E-state index contributed by atoms with van der Waals surface area (Å²) in [4.78, 5) is 5.57. The van der Waals surface area contributed by atoms with Crippen LogP contribution in [-0.4, -0.2) is 21.7 Å². The molecule has 4 nitrogen and oxygen atoms in total. The Kier molecular flexibility index (Phi) is 4.70. The minimum absolute atomic E-state index is 0.201. The molecule has 92 valence electrons. The molecular formula is C11H15BrN4S. The molecule has 0 aliphatic carbocycles. The van der Waals surface area contributed by atoms with Crippen molar-refractivity contribution in [3.8, 4) is 0 Å². The van der Waals surface area contributed by atoms with Crippen molar-refractivity contribution in [1.29, 1.82) is 0 Å². The lowest BCUT2D eigenvalue weighted by Crippen LogP contribution is -2.25. The summed E-state index contributed by atoms with van der Waals surface area (Å²) in [7, 11) is 0. The molecule has 2 N–H and O–H groups in total. The van der Waals surface area contributed by atoms with E-state index in [2.05, 4.69) is 54.8 Å². The van der Waals surface area contributed by atoms with Crippen LogP contribution in [0.2, 0.25) is 0 Å². The summed E-state index contributed by atoms with van der Waals surface area (Å²) in [5.74, 6) is 0.902. The highest BCUT2D eigenvalue weighted by Crippen LogP contribution is 2.27. The van der Waals surface area contributed by atoms with Gasteiger partial charge in [0.25, 0.3) is 0 Å². The van der Waals surface area contributed by atoms with Crippen LogP contribution in [-0.2, 0) is 6.42 Å². The summed E-state index contributed by atoms with van der Waals surface area (Å²) in [5, 5.41) is 12.4. The normalized spacial score (nSPS) is 12.8. The summed E-state index contributed by atoms with van der Waals surface area (Å²) >= 11 is 5.32. The lowest BCUT2D eigenvalue weighted by Gasteiger charge is -2.15. The van der Waals surface area contributed by atoms with Crippen molar-refractivity contribution in [3.05, 3.63) is 32.9 Å². The van der Waals surface area contributed by atoms with Crippen LogP contribution in [0, 0.1) is 0 Å². The van der Waals surface area contributed by atoms with E-state index in [0.29, 0.717) is 0 Å². The Labute approximate surface area is 113 Å². The van der Waals surface area contributed by atoms with E-state index in [4.69, 9.17) is 0 Å². The number of thiophene rings is 1. The monoisotopic (exact) mass is 314 g/mol. The maximum Gasteiger partial charge on any atom is 0.141 e. The van der Waals surface area contributed by atoms with Crippen LogP contribution in [0.5, 0.6) is 0 Å². The van der Waals surface area contributed by atoms with Crippen LogP contribution < -0.4 is 5.32 Å². The van der Waals surface area contributed by atoms with Crippen LogP contribution in [0.3, 0.4) is 0 Å². The summed E-state index contributed by atoms with van der Waals surface area (Å²) < 4.78 is 1.17. The first kappa shape index (κ1) is 12.7. The average molecular weight is 315 g/mol. The molecule has 2 rings (SSSR count). The smallest absolute Gasteiger partial charge is 0.141 e. The Morgan fingerprint density at radius 1 is 1.59 bits per heavy atom. The number of aromatic amines is 1. The molecule has 0 aliphatic heterocycles. The summed E-state index contributed by atoms with van der Waals surface area (Å²) in [6, 6.07) is 2.28. The molecule has 0 amide bonds. The molecule has 2 aromatic rings. The molecule has 2 aromatic heterocycles. The number of H-pyrrole nitrogens is 1. The Hall–Kier alpha value is -0.720. The zero-order valence-corrected chi connectivity index (χ0v) is 12.0. The van der Waals surface area contributed by atoms with Gasteiger partial charge in [0.2, 0.25) is 0 Å². The zero-order valence-electron chi connectivity index (χ0n) is 9.61. The molecular weight excluding hydrogens is 300 g/mol. The molecule has 0 aromatic carbocycles. The minimum atomic E-state index is 0.201. The first-order chi connectivity index (χ1) is 8.31. The zero-order chi connectivity index (χ0) is 12.1. The predicted molar refractivity (Wildman–Crippen MR) is 73.1 cm³/mol. The molecule has 0 saturated carbocycles. The quantitative estimate of drug-likeness (QED) is 0.862. The molecule has 1 atom stereocenters. The maximum atomic E-state index is 4.24. The maximum absolute atomic E-state index is 4.24. The van der Waals surface area contributed by atoms with Crippen LogP contribution in [0.1, 0.15) is 30.1 Å². The summed E-state index contributed by atoms with van der Waals surface area (Å²) in [6.45, 7) is 3.14. The van der Waals surface area contributed by atoms with Crippen molar-refractivity contribution in [1.82, 2.24) is 20.5 Å². The molecule has 0 saturated heterocycles. The van der Waals surface area contributed by atoms with Crippen molar-refractivity contribution in [3.63, 3.8) is 0 Å². The fourth-order valence-corrected chi connectivity index (χ4v) is 3.18. The fraction of sp³-hybridized carbons (Fsp3) is 0.455. The van der Waals surface area contributed by atoms with Gasteiger partial charge in [0.1, 0.15) is 12.2 Å². The van der Waals surface area contributed by atoms with Gasteiger partial charge in [-0.05, 0) is 40.3 Å². The van der Waals surface area contributed by atoms with Crippen LogP contribution in [0.4, 0.5) is 0 Å². The second-order valence-electron chi connectivity index (χ2n) is 3.77. The third-order valence-corrected chi connectivity index (χ3v) is 4.43. The number of nitrogens with zero attached hydrogens (tertiary/aromatic N) is 2. The molecule has 0 bridgehead atoms. The van der Waals surface area contributed by atoms with E-state index in [1.165, 1.54) is 9.35 Å². The van der Waals surface area contributed by atoms with Gasteiger partial charge in [-0.3, -0.25) is 5.10 Å². The fourth-order valence-electron chi connectivity index (χ4n) is 1.62. The van der Waals surface area contributed by atoms with Crippen molar-refractivity contribution in [2.45, 2.75) is 25.8 Å². The number of nitrogens with one attached hydrogen (secondary N) is 2. The van der Waals surface area contributed by atoms with Crippen LogP contribution in [0.25, 0.3) is 0 Å². The van der Waals surface area contributed by atoms with E-state index in [9.17, 15) is 0 Å². The third kappa shape index (κ3) is 3.37. The van der Waals surface area contributed by atoms with Gasteiger partial charge in [-0.15, -0.1) is 11.3 Å². The first-order valence-electron chi connectivity index (χ1n) is 5.61. The number of hydrogen-bond acceptors (Lipinski definition) is 4. The number of rotatable bonds is 6. The van der Waals surface area contributed by atoms with Gasteiger partial charge in [-0.2, -0.15) is 5.10 Å². The second kappa shape index (κ2) is 6.28. The Bertz CT molecular complexity index is 440. The van der Waals surface area contributed by atoms with E-state index in [1.807, 2.05) is 0 Å². The van der Waals surface area contributed by atoms with E-state index in [0.717, 1.165) is 25.2 Å². The summed E-state index contributed by atoms with van der Waals surface area (Å²) in [5.41, 5.74) is 0. The Morgan fingerprint density at radius 3 is 3.06 bits per heavy atom. The third-order valence-electron chi connectivity index (χ3n) is 2.49. The van der Waals surface area contributed by atoms with Crippen molar-refractivity contribution >= 4 is 27.3 Å². The van der Waals surface area contributed by atoms with Gasteiger partial charge in [-0.1, -0.05) is 6.92 Å². The largest absolute Gasteiger partial charge is 0.307 e. The van der Waals surface area contributed by atoms with E-state index in [-0.39, 0.29) is 6.04 Å². The van der Waals surface area contributed by atoms with Crippen LogP contribution >= 0.6 is 27.3 Å². The molecule has 17 heavy (non-hydrogen) atoms. The van der Waals surface area contributed by atoms with Crippen molar-refractivity contribution in [2.24, 2.45) is 0 Å². The lowest BCUT2D eigenvalue weighted by molar-refractivity contribution is 0.508. The highest BCUT2D eigenvalue weighted by Gasteiger charge is 2.16. The second-order valence-corrected chi connectivity index (χ2v) is 5.63. The first-order valence-corrected chi connectivity index (χ1v) is 7.29.